The first kappa shape index (κ1) is 13.9. The number of anilines is 1. The van der Waals surface area contributed by atoms with Crippen molar-refractivity contribution in [2.24, 2.45) is 0 Å². The van der Waals surface area contributed by atoms with Gasteiger partial charge in [0, 0.05) is 36.9 Å². The van der Waals surface area contributed by atoms with Gasteiger partial charge in [0.05, 0.1) is 6.10 Å². The van der Waals surface area contributed by atoms with Crippen molar-refractivity contribution in [3.05, 3.63) is 29.8 Å². The van der Waals surface area contributed by atoms with E-state index in [0.717, 1.165) is 12.2 Å². The molecule has 0 radical (unpaired) electrons. The van der Waals surface area contributed by atoms with E-state index in [1.165, 1.54) is 0 Å². The number of benzene rings is 1. The van der Waals surface area contributed by atoms with Crippen molar-refractivity contribution < 1.29 is 9.90 Å². The van der Waals surface area contributed by atoms with Gasteiger partial charge in [0.1, 0.15) is 0 Å². The molecule has 1 saturated heterocycles. The quantitative estimate of drug-likeness (QED) is 0.899. The molecule has 2 rings (SSSR count). The van der Waals surface area contributed by atoms with Crippen LogP contribution in [0.1, 0.15) is 31.1 Å². The van der Waals surface area contributed by atoms with Crippen LogP contribution in [0.5, 0.6) is 0 Å². The van der Waals surface area contributed by atoms with E-state index in [0.29, 0.717) is 24.7 Å². The summed E-state index contributed by atoms with van der Waals surface area (Å²) in [6.07, 6.45) is -0.347. The highest BCUT2D eigenvalue weighted by Crippen LogP contribution is 2.19. The van der Waals surface area contributed by atoms with Crippen LogP contribution in [0.2, 0.25) is 0 Å². The van der Waals surface area contributed by atoms with Crippen LogP contribution in [0.15, 0.2) is 24.3 Å². The normalized spacial score (nSPS) is 15.5. The minimum atomic E-state index is -0.347. The lowest BCUT2D eigenvalue weighted by molar-refractivity contribution is 0.00590. The minimum absolute atomic E-state index is 0.00412. The van der Waals surface area contributed by atoms with E-state index in [-0.39, 0.29) is 12.0 Å². The Hall–Kier alpha value is -1.55. The van der Waals surface area contributed by atoms with Gasteiger partial charge in [0.25, 0.3) is 5.91 Å². The lowest BCUT2D eigenvalue weighted by Gasteiger charge is -2.36. The van der Waals surface area contributed by atoms with Crippen LogP contribution in [-0.4, -0.2) is 47.7 Å². The van der Waals surface area contributed by atoms with Crippen LogP contribution >= 0.6 is 0 Å². The third-order valence-corrected chi connectivity index (χ3v) is 3.56. The number of hydrogen-bond acceptors (Lipinski definition) is 3. The molecule has 1 amide bonds. The molecular weight excluding hydrogens is 240 g/mol. The summed E-state index contributed by atoms with van der Waals surface area (Å²) in [5, 5.41) is 9.22. The number of carbonyl (C=O) groups is 1. The summed E-state index contributed by atoms with van der Waals surface area (Å²) in [5.41, 5.74) is 1.83. The second-order valence-electron chi connectivity index (χ2n) is 5.29. The van der Waals surface area contributed by atoms with E-state index in [1.54, 1.807) is 4.90 Å². The van der Waals surface area contributed by atoms with Crippen molar-refractivity contribution in [3.63, 3.8) is 0 Å². The summed E-state index contributed by atoms with van der Waals surface area (Å²) >= 11 is 0. The number of nitrogens with zero attached hydrogens (tertiary/aromatic N) is 2. The van der Waals surface area contributed by atoms with Gasteiger partial charge >= 0.3 is 0 Å². The first-order valence-corrected chi connectivity index (χ1v) is 6.87. The summed E-state index contributed by atoms with van der Waals surface area (Å²) in [4.78, 5) is 16.0. The summed E-state index contributed by atoms with van der Waals surface area (Å²) in [6.45, 7) is 8.29. The highest BCUT2D eigenvalue weighted by atomic mass is 16.3. The van der Waals surface area contributed by atoms with E-state index in [1.807, 2.05) is 24.3 Å². The van der Waals surface area contributed by atoms with Gasteiger partial charge < -0.3 is 14.9 Å². The van der Waals surface area contributed by atoms with Crippen LogP contribution in [0.4, 0.5) is 5.69 Å². The van der Waals surface area contributed by atoms with Gasteiger partial charge in [-0.3, -0.25) is 4.79 Å². The number of aliphatic hydroxyl groups excluding tert-OH is 1. The lowest BCUT2D eigenvalue weighted by Crippen LogP contribution is -2.53. The minimum Gasteiger partial charge on any atom is -0.389 e. The molecule has 4 heteroatoms. The van der Waals surface area contributed by atoms with Crippen LogP contribution in [-0.2, 0) is 0 Å². The number of aliphatic hydroxyl groups is 1. The molecule has 1 N–H and O–H groups in total. The largest absolute Gasteiger partial charge is 0.389 e. The molecule has 1 aromatic rings. The number of likely N-dealkylation sites (tertiary alicyclic amines) is 1. The number of carbonyl (C=O) groups excluding carboxylic acids is 1. The standard InChI is InChI=1S/C15H22N2O2/c1-4-17(11(2)3)13-7-5-12(6-8-13)15(19)16-9-14(18)10-16/h5-8,11,14,18H,4,9-10H2,1-3H3. The molecule has 0 bridgehead atoms. The fraction of sp³-hybridized carbons (Fsp3) is 0.533. The second-order valence-corrected chi connectivity index (χ2v) is 5.29. The second kappa shape index (κ2) is 5.61. The highest BCUT2D eigenvalue weighted by Gasteiger charge is 2.29. The maximum atomic E-state index is 12.1. The summed E-state index contributed by atoms with van der Waals surface area (Å²) < 4.78 is 0. The molecule has 0 atom stereocenters. The Morgan fingerprint density at radius 1 is 1.37 bits per heavy atom. The van der Waals surface area contributed by atoms with Crippen LogP contribution in [0.25, 0.3) is 0 Å². The molecule has 1 aliphatic heterocycles. The van der Waals surface area contributed by atoms with Crippen LogP contribution in [0, 0.1) is 0 Å². The maximum absolute atomic E-state index is 12.1. The molecule has 0 spiro atoms. The van der Waals surface area contributed by atoms with Crippen molar-refractivity contribution in [3.8, 4) is 0 Å². The zero-order valence-electron chi connectivity index (χ0n) is 11.8. The Bertz CT molecular complexity index is 436. The Balaban J connectivity index is 2.07. The van der Waals surface area contributed by atoms with Gasteiger partial charge in [0.2, 0.25) is 0 Å². The SMILES string of the molecule is CCN(c1ccc(C(=O)N2CC(O)C2)cc1)C(C)C. The third-order valence-electron chi connectivity index (χ3n) is 3.56. The number of β-amino-alcohol motifs (C(OH)–C–C–N with tert-alkyl or cyclic N) is 1. The van der Waals surface area contributed by atoms with Gasteiger partial charge in [-0.05, 0) is 45.0 Å². The molecule has 0 unspecified atom stereocenters. The van der Waals surface area contributed by atoms with Crippen molar-refractivity contribution in [1.82, 2.24) is 4.90 Å². The molecule has 0 aliphatic carbocycles. The molecule has 1 aromatic carbocycles. The average molecular weight is 262 g/mol. The van der Waals surface area contributed by atoms with E-state index in [4.69, 9.17) is 0 Å². The maximum Gasteiger partial charge on any atom is 0.254 e. The van der Waals surface area contributed by atoms with E-state index >= 15 is 0 Å². The average Bonchev–Trinajstić information content (AvgIpc) is 2.35. The van der Waals surface area contributed by atoms with E-state index < -0.39 is 0 Å². The molecule has 1 aliphatic rings. The van der Waals surface area contributed by atoms with Gasteiger partial charge in [-0.15, -0.1) is 0 Å². The fourth-order valence-electron chi connectivity index (χ4n) is 2.45. The summed E-state index contributed by atoms with van der Waals surface area (Å²) in [6, 6.07) is 8.16. The fourth-order valence-corrected chi connectivity index (χ4v) is 2.45. The van der Waals surface area contributed by atoms with Gasteiger partial charge in [-0.25, -0.2) is 0 Å². The summed E-state index contributed by atoms with van der Waals surface area (Å²) in [7, 11) is 0. The molecule has 0 saturated carbocycles. The Morgan fingerprint density at radius 2 is 1.95 bits per heavy atom. The molecule has 1 heterocycles. The van der Waals surface area contributed by atoms with Crippen molar-refractivity contribution in [1.29, 1.82) is 0 Å². The van der Waals surface area contributed by atoms with Gasteiger partial charge in [0.15, 0.2) is 0 Å². The van der Waals surface area contributed by atoms with Gasteiger partial charge in [-0.2, -0.15) is 0 Å². The van der Waals surface area contributed by atoms with E-state index in [2.05, 4.69) is 25.7 Å². The zero-order valence-corrected chi connectivity index (χ0v) is 11.8. The predicted molar refractivity (Wildman–Crippen MR) is 76.5 cm³/mol. The first-order chi connectivity index (χ1) is 9.02. The highest BCUT2D eigenvalue weighted by molar-refractivity contribution is 5.95. The van der Waals surface area contributed by atoms with Crippen molar-refractivity contribution in [2.75, 3.05) is 24.5 Å². The smallest absolute Gasteiger partial charge is 0.254 e. The third kappa shape index (κ3) is 2.89. The van der Waals surface area contributed by atoms with Crippen LogP contribution in [0.3, 0.4) is 0 Å². The first-order valence-electron chi connectivity index (χ1n) is 6.87. The molecule has 104 valence electrons. The van der Waals surface area contributed by atoms with E-state index in [9.17, 15) is 9.90 Å². The molecular formula is C15H22N2O2. The number of amides is 1. The van der Waals surface area contributed by atoms with Crippen molar-refractivity contribution in [2.45, 2.75) is 32.9 Å². The summed E-state index contributed by atoms with van der Waals surface area (Å²) in [5.74, 6) is 0.00412. The Morgan fingerprint density at radius 3 is 2.37 bits per heavy atom. The van der Waals surface area contributed by atoms with Crippen molar-refractivity contribution >= 4 is 11.6 Å². The molecule has 19 heavy (non-hydrogen) atoms. The van der Waals surface area contributed by atoms with Crippen LogP contribution < -0.4 is 4.90 Å². The monoisotopic (exact) mass is 262 g/mol. The topological polar surface area (TPSA) is 43.8 Å². The van der Waals surface area contributed by atoms with Gasteiger partial charge in [-0.1, -0.05) is 0 Å². The Kier molecular flexibility index (Phi) is 4.10. The lowest BCUT2D eigenvalue weighted by atomic mass is 10.1. The molecule has 0 aromatic heterocycles. The molecule has 4 nitrogen and oxygen atoms in total. The number of hydrogen-bond donors (Lipinski definition) is 1. The zero-order chi connectivity index (χ0) is 14.0. The predicted octanol–water partition coefficient (Wildman–Crippen LogP) is 1.74. The Labute approximate surface area is 114 Å². The molecule has 1 fully saturated rings. The number of rotatable bonds is 4.